The van der Waals surface area contributed by atoms with Gasteiger partial charge in [-0.1, -0.05) is 19.9 Å². The Morgan fingerprint density at radius 2 is 2.12 bits per heavy atom. The van der Waals surface area contributed by atoms with Crippen LogP contribution in [0.25, 0.3) is 0 Å². The van der Waals surface area contributed by atoms with E-state index in [1.807, 2.05) is 18.7 Å². The van der Waals surface area contributed by atoms with E-state index in [0.717, 1.165) is 37.2 Å². The molecule has 0 radical (unpaired) electrons. The summed E-state index contributed by atoms with van der Waals surface area (Å²) < 4.78 is 0. The summed E-state index contributed by atoms with van der Waals surface area (Å²) in [6.07, 6.45) is 4.07. The van der Waals surface area contributed by atoms with Crippen molar-refractivity contribution in [3.05, 3.63) is 41.3 Å². The van der Waals surface area contributed by atoms with E-state index in [1.165, 1.54) is 0 Å². The largest absolute Gasteiger partial charge is 0.396 e. The number of anilines is 1. The van der Waals surface area contributed by atoms with E-state index >= 15 is 0 Å². The maximum atomic E-state index is 13.9. The molecule has 9 nitrogen and oxygen atoms in total. The van der Waals surface area contributed by atoms with E-state index in [-0.39, 0.29) is 36.3 Å². The van der Waals surface area contributed by atoms with Crippen LogP contribution in [0.4, 0.5) is 5.82 Å². The lowest BCUT2D eigenvalue weighted by Crippen LogP contribution is -2.53. The maximum Gasteiger partial charge on any atom is 0.275 e. The first-order chi connectivity index (χ1) is 16.3. The Balaban J connectivity index is 1.52. The molecule has 0 aliphatic carbocycles. The third-order valence-corrected chi connectivity index (χ3v) is 7.41. The summed E-state index contributed by atoms with van der Waals surface area (Å²) in [6, 6.07) is 5.39. The Labute approximate surface area is 200 Å². The number of carbonyl (C=O) groups excluding carboxylic acids is 2. The number of fused-ring (bicyclic) bond motifs is 1. The van der Waals surface area contributed by atoms with Crippen molar-refractivity contribution in [1.82, 2.24) is 25.0 Å². The van der Waals surface area contributed by atoms with Crippen molar-refractivity contribution in [2.24, 2.45) is 11.8 Å². The molecule has 3 atom stereocenters. The molecule has 1 fully saturated rings. The standard InChI is InChI=1S/C25H36N6O3/c1-5-11-30-14-16(2)18(13-17(30)9-12-32)24(34)31-15-19-21(25(31,3)4)28-29-22(19)27-23(33)20-8-6-7-10-26-20/h6-8,10,16-18,32H,5,9,11-15H2,1-4H3,(H2,27,28,29,33)/t16-,17+,18?/m1/s1. The second kappa shape index (κ2) is 9.84. The predicted molar refractivity (Wildman–Crippen MR) is 129 cm³/mol. The van der Waals surface area contributed by atoms with Crippen molar-refractivity contribution in [2.45, 2.75) is 65.1 Å². The van der Waals surface area contributed by atoms with Gasteiger partial charge in [-0.3, -0.25) is 24.6 Å². The number of aliphatic hydroxyl groups is 1. The highest BCUT2D eigenvalue weighted by molar-refractivity contribution is 6.02. The molecule has 1 unspecified atom stereocenters. The number of nitrogens with zero attached hydrogens (tertiary/aromatic N) is 4. The van der Waals surface area contributed by atoms with Gasteiger partial charge in [0.25, 0.3) is 5.91 Å². The summed E-state index contributed by atoms with van der Waals surface area (Å²) in [5.41, 5.74) is 1.43. The molecule has 0 bridgehead atoms. The minimum atomic E-state index is -0.569. The smallest absolute Gasteiger partial charge is 0.275 e. The summed E-state index contributed by atoms with van der Waals surface area (Å²) in [5, 5.41) is 19.8. The molecule has 34 heavy (non-hydrogen) atoms. The van der Waals surface area contributed by atoms with Crippen LogP contribution >= 0.6 is 0 Å². The number of carbonyl (C=O) groups is 2. The molecule has 0 spiro atoms. The van der Waals surface area contributed by atoms with Gasteiger partial charge in [0.2, 0.25) is 5.91 Å². The highest BCUT2D eigenvalue weighted by Gasteiger charge is 2.47. The number of hydrogen-bond acceptors (Lipinski definition) is 6. The van der Waals surface area contributed by atoms with Crippen LogP contribution in [0, 0.1) is 11.8 Å². The Morgan fingerprint density at radius 1 is 1.32 bits per heavy atom. The highest BCUT2D eigenvalue weighted by atomic mass is 16.3. The van der Waals surface area contributed by atoms with Crippen LogP contribution < -0.4 is 5.32 Å². The fraction of sp³-hybridized carbons (Fsp3) is 0.600. The summed E-state index contributed by atoms with van der Waals surface area (Å²) in [4.78, 5) is 34.9. The number of rotatable bonds is 7. The Morgan fingerprint density at radius 3 is 2.79 bits per heavy atom. The topological polar surface area (TPSA) is 114 Å². The van der Waals surface area contributed by atoms with Gasteiger partial charge in [0.15, 0.2) is 5.82 Å². The van der Waals surface area contributed by atoms with Crippen molar-refractivity contribution in [3.63, 3.8) is 0 Å². The van der Waals surface area contributed by atoms with Crippen LogP contribution in [0.5, 0.6) is 0 Å². The Kier molecular flexibility index (Phi) is 7.04. The number of aromatic nitrogens is 3. The number of H-pyrrole nitrogens is 1. The summed E-state index contributed by atoms with van der Waals surface area (Å²) in [7, 11) is 0. The lowest BCUT2D eigenvalue weighted by molar-refractivity contribution is -0.146. The fourth-order valence-electron chi connectivity index (χ4n) is 5.52. The molecule has 4 rings (SSSR count). The van der Waals surface area contributed by atoms with E-state index in [9.17, 15) is 14.7 Å². The number of pyridine rings is 1. The molecule has 2 aromatic rings. The second-order valence-corrected chi connectivity index (χ2v) is 10.1. The number of piperidine rings is 1. The van der Waals surface area contributed by atoms with E-state index in [4.69, 9.17) is 0 Å². The predicted octanol–water partition coefficient (Wildman–Crippen LogP) is 2.75. The quantitative estimate of drug-likeness (QED) is 0.576. The number of aromatic amines is 1. The molecule has 184 valence electrons. The molecular weight excluding hydrogens is 432 g/mol. The summed E-state index contributed by atoms with van der Waals surface area (Å²) in [6.45, 7) is 10.7. The van der Waals surface area contributed by atoms with Crippen molar-refractivity contribution in [1.29, 1.82) is 0 Å². The Hall–Kier alpha value is -2.78. The van der Waals surface area contributed by atoms with Gasteiger partial charge in [-0.25, -0.2) is 0 Å². The maximum absolute atomic E-state index is 13.9. The summed E-state index contributed by atoms with van der Waals surface area (Å²) in [5.74, 6) is 0.361. The molecule has 2 aromatic heterocycles. The van der Waals surface area contributed by atoms with Crippen LogP contribution in [-0.2, 0) is 16.9 Å². The van der Waals surface area contributed by atoms with Crippen LogP contribution in [0.2, 0.25) is 0 Å². The SMILES string of the molecule is CCCN1C[C@@H](C)C(C(=O)N2Cc3c(NC(=O)c4ccccn4)n[nH]c3C2(C)C)C[C@@H]1CCO. The molecule has 4 heterocycles. The number of hydrogen-bond donors (Lipinski definition) is 3. The highest BCUT2D eigenvalue weighted by Crippen LogP contribution is 2.43. The number of aliphatic hydroxyl groups excluding tert-OH is 1. The molecule has 2 aliphatic rings. The minimum absolute atomic E-state index is 0.104. The van der Waals surface area contributed by atoms with E-state index < -0.39 is 5.54 Å². The third-order valence-electron chi connectivity index (χ3n) is 7.41. The second-order valence-electron chi connectivity index (χ2n) is 10.1. The Bertz CT molecular complexity index is 1020. The van der Waals surface area contributed by atoms with Gasteiger partial charge in [0.05, 0.1) is 17.8 Å². The molecular formula is C25H36N6O3. The zero-order valence-electron chi connectivity index (χ0n) is 20.5. The van der Waals surface area contributed by atoms with Gasteiger partial charge in [0, 0.05) is 36.9 Å². The number of amides is 2. The number of likely N-dealkylation sites (tertiary alicyclic amines) is 1. The van der Waals surface area contributed by atoms with Crippen molar-refractivity contribution >= 4 is 17.6 Å². The van der Waals surface area contributed by atoms with Gasteiger partial charge < -0.3 is 15.3 Å². The van der Waals surface area contributed by atoms with Gasteiger partial charge in [-0.2, -0.15) is 5.10 Å². The van der Waals surface area contributed by atoms with Crippen LogP contribution in [0.1, 0.15) is 68.7 Å². The van der Waals surface area contributed by atoms with Gasteiger partial charge in [-0.05, 0) is 57.7 Å². The van der Waals surface area contributed by atoms with Crippen LogP contribution in [0.3, 0.4) is 0 Å². The van der Waals surface area contributed by atoms with Crippen LogP contribution in [-0.4, -0.2) is 67.6 Å². The average Bonchev–Trinajstić information content (AvgIpc) is 3.33. The molecule has 1 saturated heterocycles. The third kappa shape index (κ3) is 4.46. The molecule has 0 saturated carbocycles. The zero-order chi connectivity index (χ0) is 24.5. The van der Waals surface area contributed by atoms with Gasteiger partial charge in [-0.15, -0.1) is 0 Å². The van der Waals surface area contributed by atoms with Gasteiger partial charge >= 0.3 is 0 Å². The van der Waals surface area contributed by atoms with Crippen molar-refractivity contribution in [2.75, 3.05) is 25.0 Å². The average molecular weight is 469 g/mol. The molecule has 2 aliphatic heterocycles. The van der Waals surface area contributed by atoms with Gasteiger partial charge in [0.1, 0.15) is 5.69 Å². The molecule has 0 aromatic carbocycles. The van der Waals surface area contributed by atoms with E-state index in [1.54, 1.807) is 24.4 Å². The van der Waals surface area contributed by atoms with Crippen LogP contribution in [0.15, 0.2) is 24.4 Å². The molecule has 3 N–H and O–H groups in total. The van der Waals surface area contributed by atoms with E-state index in [0.29, 0.717) is 24.5 Å². The number of nitrogens with one attached hydrogen (secondary N) is 2. The lowest BCUT2D eigenvalue weighted by atomic mass is 9.80. The first-order valence-corrected chi connectivity index (χ1v) is 12.2. The van der Waals surface area contributed by atoms with Crippen molar-refractivity contribution < 1.29 is 14.7 Å². The van der Waals surface area contributed by atoms with E-state index in [2.05, 4.69) is 39.2 Å². The normalized spacial score (nSPS) is 24.1. The lowest BCUT2D eigenvalue weighted by Gasteiger charge is -2.45. The summed E-state index contributed by atoms with van der Waals surface area (Å²) >= 11 is 0. The molecule has 9 heteroatoms. The van der Waals surface area contributed by atoms with Crippen molar-refractivity contribution in [3.8, 4) is 0 Å². The zero-order valence-corrected chi connectivity index (χ0v) is 20.5. The minimum Gasteiger partial charge on any atom is -0.396 e. The fourth-order valence-corrected chi connectivity index (χ4v) is 5.52. The first kappa shape index (κ1) is 24.3. The monoisotopic (exact) mass is 468 g/mol. The molecule has 2 amide bonds. The first-order valence-electron chi connectivity index (χ1n) is 12.2.